The summed E-state index contributed by atoms with van der Waals surface area (Å²) in [7, 11) is 0. The summed E-state index contributed by atoms with van der Waals surface area (Å²) in [5.41, 5.74) is 1.88. The molecule has 0 saturated heterocycles. The molecule has 1 heteroatoms. The minimum absolute atomic E-state index is 0.298. The highest BCUT2D eigenvalue weighted by Gasteiger charge is 2.70. The van der Waals surface area contributed by atoms with E-state index < -0.39 is 0 Å². The van der Waals surface area contributed by atoms with E-state index in [-0.39, 0.29) is 5.60 Å². The zero-order valence-corrected chi connectivity index (χ0v) is 11.5. The van der Waals surface area contributed by atoms with Crippen molar-refractivity contribution in [3.05, 3.63) is 11.6 Å². The zero-order chi connectivity index (χ0) is 12.3. The molecule has 0 radical (unpaired) electrons. The Morgan fingerprint density at radius 3 is 2.22 bits per heavy atom. The van der Waals surface area contributed by atoms with E-state index in [1.165, 1.54) is 76.2 Å². The van der Waals surface area contributed by atoms with Crippen LogP contribution in [0.15, 0.2) is 11.6 Å². The monoisotopic (exact) mass is 246 g/mol. The minimum Gasteiger partial charge on any atom is -0.385 e. The van der Waals surface area contributed by atoms with Crippen molar-refractivity contribution in [1.82, 2.24) is 0 Å². The summed E-state index contributed by atoms with van der Waals surface area (Å²) in [6, 6.07) is 0. The van der Waals surface area contributed by atoms with Crippen molar-refractivity contribution >= 4 is 0 Å². The average molecular weight is 246 g/mol. The van der Waals surface area contributed by atoms with Crippen LogP contribution in [-0.4, -0.2) is 10.7 Å². The van der Waals surface area contributed by atoms with Crippen LogP contribution in [0.25, 0.3) is 0 Å². The van der Waals surface area contributed by atoms with Crippen LogP contribution in [0.4, 0.5) is 0 Å². The lowest BCUT2D eigenvalue weighted by atomic mass is 9.44. The van der Waals surface area contributed by atoms with Gasteiger partial charge in [-0.15, -0.1) is 0 Å². The van der Waals surface area contributed by atoms with Crippen molar-refractivity contribution in [3.8, 4) is 0 Å². The Hall–Kier alpha value is -0.300. The maximum atomic E-state index is 11.4. The molecule has 4 rings (SSSR count). The summed E-state index contributed by atoms with van der Waals surface area (Å²) in [5, 5.41) is 11.4. The van der Waals surface area contributed by atoms with Gasteiger partial charge in [0.25, 0.3) is 0 Å². The van der Waals surface area contributed by atoms with E-state index in [4.69, 9.17) is 0 Å². The van der Waals surface area contributed by atoms with Gasteiger partial charge in [0.2, 0.25) is 0 Å². The van der Waals surface area contributed by atoms with Gasteiger partial charge in [0.05, 0.1) is 5.60 Å². The maximum absolute atomic E-state index is 11.4. The molecule has 0 aliphatic heterocycles. The standard InChI is InChI=1S/C17H26O/c18-17(14-6-1-2-7-14)13-12-16(17)11-5-10-15(16)8-3-4-9-15/h6,18H,1-5,7-13H2/t16-,17+/m1/s1. The lowest BCUT2D eigenvalue weighted by Gasteiger charge is -2.63. The molecule has 0 unspecified atom stereocenters. The second kappa shape index (κ2) is 3.62. The predicted molar refractivity (Wildman–Crippen MR) is 73.3 cm³/mol. The van der Waals surface area contributed by atoms with Crippen LogP contribution >= 0.6 is 0 Å². The molecule has 0 aromatic carbocycles. The highest BCUT2D eigenvalue weighted by Crippen LogP contribution is 2.74. The highest BCUT2D eigenvalue weighted by atomic mass is 16.3. The smallest absolute Gasteiger partial charge is 0.0918 e. The molecule has 0 amide bonds. The van der Waals surface area contributed by atoms with Crippen LogP contribution in [0.5, 0.6) is 0 Å². The van der Waals surface area contributed by atoms with Gasteiger partial charge in [-0.25, -0.2) is 0 Å². The fourth-order valence-corrected chi connectivity index (χ4v) is 6.23. The number of rotatable bonds is 1. The van der Waals surface area contributed by atoms with Gasteiger partial charge in [-0.2, -0.15) is 0 Å². The van der Waals surface area contributed by atoms with Crippen LogP contribution in [0.3, 0.4) is 0 Å². The SMILES string of the molecule is O[C@]1(C2=CCCC2)CC[C@@]12CCCC21CCCC1. The molecule has 4 aliphatic rings. The molecule has 18 heavy (non-hydrogen) atoms. The number of hydrogen-bond donors (Lipinski definition) is 1. The number of fused-ring (bicyclic) bond motifs is 1. The Bertz CT molecular complexity index is 385. The third kappa shape index (κ3) is 1.13. The molecule has 0 aromatic rings. The van der Waals surface area contributed by atoms with Crippen molar-refractivity contribution in [3.63, 3.8) is 0 Å². The van der Waals surface area contributed by atoms with Gasteiger partial charge in [-0.05, 0) is 68.8 Å². The van der Waals surface area contributed by atoms with E-state index in [9.17, 15) is 5.11 Å². The van der Waals surface area contributed by atoms with Gasteiger partial charge in [0.1, 0.15) is 0 Å². The van der Waals surface area contributed by atoms with Crippen LogP contribution in [-0.2, 0) is 0 Å². The first-order valence-electron chi connectivity index (χ1n) is 8.15. The van der Waals surface area contributed by atoms with Crippen molar-refractivity contribution in [2.45, 2.75) is 82.7 Å². The van der Waals surface area contributed by atoms with Gasteiger partial charge >= 0.3 is 0 Å². The first-order valence-corrected chi connectivity index (χ1v) is 8.15. The number of aliphatic hydroxyl groups is 1. The first-order chi connectivity index (χ1) is 8.73. The summed E-state index contributed by atoms with van der Waals surface area (Å²) in [5.74, 6) is 0. The Labute approximate surface area is 111 Å². The number of allylic oxidation sites excluding steroid dienone is 1. The summed E-state index contributed by atoms with van der Waals surface area (Å²) >= 11 is 0. The van der Waals surface area contributed by atoms with E-state index in [1.54, 1.807) is 0 Å². The van der Waals surface area contributed by atoms with Gasteiger partial charge < -0.3 is 5.11 Å². The Morgan fingerprint density at radius 2 is 1.61 bits per heavy atom. The summed E-state index contributed by atoms with van der Waals surface area (Å²) in [6.07, 6.45) is 18.1. The summed E-state index contributed by atoms with van der Waals surface area (Å²) in [4.78, 5) is 0. The molecule has 2 atom stereocenters. The fourth-order valence-electron chi connectivity index (χ4n) is 6.23. The molecule has 100 valence electrons. The van der Waals surface area contributed by atoms with Gasteiger partial charge in [-0.1, -0.05) is 25.3 Å². The molecule has 3 fully saturated rings. The fraction of sp³-hybridized carbons (Fsp3) is 0.882. The summed E-state index contributed by atoms with van der Waals surface area (Å²) < 4.78 is 0. The molecule has 3 saturated carbocycles. The molecular formula is C17H26O. The average Bonchev–Trinajstić information content (AvgIpc) is 3.08. The van der Waals surface area contributed by atoms with E-state index in [0.29, 0.717) is 10.8 Å². The van der Waals surface area contributed by atoms with Gasteiger partial charge in [-0.3, -0.25) is 0 Å². The first kappa shape index (κ1) is 11.5. The molecule has 0 bridgehead atoms. The second-order valence-electron chi connectivity index (χ2n) is 7.40. The topological polar surface area (TPSA) is 20.2 Å². The Balaban J connectivity index is 1.74. The lowest BCUT2D eigenvalue weighted by molar-refractivity contribution is -0.193. The maximum Gasteiger partial charge on any atom is 0.0918 e. The molecule has 2 spiro atoms. The third-order valence-corrected chi connectivity index (χ3v) is 7.11. The lowest BCUT2D eigenvalue weighted by Crippen LogP contribution is -2.63. The Morgan fingerprint density at radius 1 is 0.833 bits per heavy atom. The van der Waals surface area contributed by atoms with Gasteiger partial charge in [0.15, 0.2) is 0 Å². The van der Waals surface area contributed by atoms with Crippen LogP contribution in [0.2, 0.25) is 0 Å². The predicted octanol–water partition coefficient (Wildman–Crippen LogP) is 4.35. The van der Waals surface area contributed by atoms with Crippen molar-refractivity contribution in [2.75, 3.05) is 0 Å². The quantitative estimate of drug-likeness (QED) is 0.682. The number of hydrogen-bond acceptors (Lipinski definition) is 1. The normalized spacial score (nSPS) is 45.7. The van der Waals surface area contributed by atoms with E-state index in [0.717, 1.165) is 6.42 Å². The minimum atomic E-state index is -0.385. The third-order valence-electron chi connectivity index (χ3n) is 7.11. The summed E-state index contributed by atoms with van der Waals surface area (Å²) in [6.45, 7) is 0. The van der Waals surface area contributed by atoms with Gasteiger partial charge in [0, 0.05) is 5.41 Å². The van der Waals surface area contributed by atoms with E-state index in [2.05, 4.69) is 6.08 Å². The molecule has 1 nitrogen and oxygen atoms in total. The van der Waals surface area contributed by atoms with Crippen LogP contribution in [0, 0.1) is 10.8 Å². The molecule has 0 aromatic heterocycles. The zero-order valence-electron chi connectivity index (χ0n) is 11.5. The van der Waals surface area contributed by atoms with Crippen molar-refractivity contribution < 1.29 is 5.11 Å². The highest BCUT2D eigenvalue weighted by molar-refractivity contribution is 5.34. The van der Waals surface area contributed by atoms with Crippen molar-refractivity contribution in [2.24, 2.45) is 10.8 Å². The van der Waals surface area contributed by atoms with Crippen LogP contribution in [0.1, 0.15) is 77.0 Å². The largest absolute Gasteiger partial charge is 0.385 e. The van der Waals surface area contributed by atoms with Crippen LogP contribution < -0.4 is 0 Å². The second-order valence-corrected chi connectivity index (χ2v) is 7.40. The van der Waals surface area contributed by atoms with E-state index >= 15 is 0 Å². The Kier molecular flexibility index (Phi) is 2.32. The molecule has 1 N–H and O–H groups in total. The van der Waals surface area contributed by atoms with Crippen molar-refractivity contribution in [1.29, 1.82) is 0 Å². The molecule has 4 aliphatic carbocycles. The molecule has 0 heterocycles. The van der Waals surface area contributed by atoms with E-state index in [1.807, 2.05) is 0 Å². The molecular weight excluding hydrogens is 220 g/mol.